The minimum atomic E-state index is -0.513. The second-order valence-corrected chi connectivity index (χ2v) is 13.6. The maximum atomic E-state index is 13.8. The lowest BCUT2D eigenvalue weighted by Crippen LogP contribution is -2.43. The average Bonchev–Trinajstić information content (AvgIpc) is 3.29. The molecule has 2 heterocycles. The lowest BCUT2D eigenvalue weighted by molar-refractivity contribution is -0.124. The van der Waals surface area contributed by atoms with Crippen molar-refractivity contribution in [3.05, 3.63) is 119 Å². The molecule has 0 aromatic heterocycles. The van der Waals surface area contributed by atoms with Crippen molar-refractivity contribution < 1.29 is 19.1 Å². The number of anilines is 2. The van der Waals surface area contributed by atoms with Crippen LogP contribution >= 0.6 is 11.8 Å². The van der Waals surface area contributed by atoms with Crippen LogP contribution in [-0.4, -0.2) is 23.4 Å². The summed E-state index contributed by atoms with van der Waals surface area (Å²) in [5.41, 5.74) is 5.73. The summed E-state index contributed by atoms with van der Waals surface area (Å²) in [6.45, 7) is 4.19. The standard InChI is InChI=1S/C37H28N2O4S/c1-37(2)19-25-32(28(40)20-37)31(33-34(38-25)23-9-3-4-10-24(23)35(33)41)21-15-17-22(18-16-21)43-36(42)39-26-11-5-7-13-29(26)44-30-14-8-6-12-27(30)39/h3-18,31-32H,19-20H2,1-2H3/t31-,32?/m0/s1. The first-order valence-electron chi connectivity index (χ1n) is 14.8. The number of aliphatic imine (C=N–C) groups is 1. The van der Waals surface area contributed by atoms with E-state index in [4.69, 9.17) is 9.73 Å². The highest BCUT2D eigenvalue weighted by Gasteiger charge is 2.50. The molecule has 1 saturated carbocycles. The molecule has 2 atom stereocenters. The molecule has 0 saturated heterocycles. The zero-order valence-corrected chi connectivity index (χ0v) is 25.1. The van der Waals surface area contributed by atoms with Gasteiger partial charge in [0.15, 0.2) is 5.78 Å². The number of ether oxygens (including phenoxy) is 1. The first-order chi connectivity index (χ1) is 21.3. The molecular formula is C37H28N2O4S. The van der Waals surface area contributed by atoms with Gasteiger partial charge in [-0.2, -0.15) is 0 Å². The summed E-state index contributed by atoms with van der Waals surface area (Å²) in [6.07, 6.45) is 0.616. The van der Waals surface area contributed by atoms with Crippen LogP contribution in [0.4, 0.5) is 16.2 Å². The number of amides is 1. The van der Waals surface area contributed by atoms with Gasteiger partial charge in [0, 0.05) is 44.5 Å². The topological polar surface area (TPSA) is 76.0 Å². The first-order valence-corrected chi connectivity index (χ1v) is 15.6. The monoisotopic (exact) mass is 596 g/mol. The van der Waals surface area contributed by atoms with Crippen molar-refractivity contribution in [3.63, 3.8) is 0 Å². The lowest BCUT2D eigenvalue weighted by Gasteiger charge is -2.40. The summed E-state index contributed by atoms with van der Waals surface area (Å²) in [5.74, 6) is -0.535. The number of hydrogen-bond donors (Lipinski definition) is 0. The minimum Gasteiger partial charge on any atom is -0.410 e. The number of Topliss-reactive ketones (excluding diaryl/α,β-unsaturated/α-hetero) is 2. The normalized spacial score (nSPS) is 21.0. The molecule has 0 N–H and O–H groups in total. The van der Waals surface area contributed by atoms with E-state index in [0.29, 0.717) is 35.4 Å². The zero-order valence-electron chi connectivity index (χ0n) is 24.2. The Balaban J connectivity index is 1.14. The molecule has 44 heavy (non-hydrogen) atoms. The Kier molecular flexibility index (Phi) is 6.04. The van der Waals surface area contributed by atoms with Gasteiger partial charge in [-0.1, -0.05) is 86.3 Å². The molecule has 7 heteroatoms. The van der Waals surface area contributed by atoms with Crippen LogP contribution in [0.1, 0.15) is 54.1 Å². The van der Waals surface area contributed by atoms with Crippen LogP contribution in [-0.2, 0) is 4.79 Å². The predicted octanol–water partition coefficient (Wildman–Crippen LogP) is 8.64. The quantitative estimate of drug-likeness (QED) is 0.232. The van der Waals surface area contributed by atoms with Gasteiger partial charge in [-0.25, -0.2) is 9.69 Å². The molecule has 1 fully saturated rings. The third-order valence-electron chi connectivity index (χ3n) is 8.90. The Labute approximate surface area is 259 Å². The van der Waals surface area contributed by atoms with Gasteiger partial charge in [0.2, 0.25) is 0 Å². The van der Waals surface area contributed by atoms with Crippen molar-refractivity contribution in [3.8, 4) is 5.75 Å². The third kappa shape index (κ3) is 4.18. The summed E-state index contributed by atoms with van der Waals surface area (Å²) in [5, 5.41) is 0. The van der Waals surface area contributed by atoms with Gasteiger partial charge in [-0.3, -0.25) is 14.6 Å². The first kappa shape index (κ1) is 26.8. The van der Waals surface area contributed by atoms with Crippen molar-refractivity contribution in [1.82, 2.24) is 0 Å². The number of fused-ring (bicyclic) bond motifs is 5. The Morgan fingerprint density at radius 1 is 0.795 bits per heavy atom. The smallest absolute Gasteiger partial charge is 0.410 e. The SMILES string of the molecule is CC1(C)CC(=O)C2C(=NC3=C(C(=O)c4ccccc43)[C@H]2c2ccc(OC(=O)N3c4ccccc4Sc4ccccc43)cc2)C1. The minimum absolute atomic E-state index is 0.0724. The highest BCUT2D eigenvalue weighted by atomic mass is 32.2. The molecule has 0 radical (unpaired) electrons. The highest BCUT2D eigenvalue weighted by molar-refractivity contribution is 7.99. The number of nitrogens with zero attached hydrogens (tertiary/aromatic N) is 2. The number of benzene rings is 4. The molecule has 1 unspecified atom stereocenters. The number of rotatable bonds is 2. The van der Waals surface area contributed by atoms with E-state index in [1.165, 1.54) is 0 Å². The van der Waals surface area contributed by atoms with Crippen LogP contribution in [0.5, 0.6) is 5.75 Å². The van der Waals surface area contributed by atoms with E-state index in [0.717, 1.165) is 38.0 Å². The van der Waals surface area contributed by atoms with E-state index in [9.17, 15) is 14.4 Å². The second kappa shape index (κ2) is 9.89. The Morgan fingerprint density at radius 2 is 1.41 bits per heavy atom. The zero-order chi connectivity index (χ0) is 30.2. The summed E-state index contributed by atoms with van der Waals surface area (Å²) < 4.78 is 5.93. The van der Waals surface area contributed by atoms with Gasteiger partial charge in [-0.05, 0) is 53.8 Å². The van der Waals surface area contributed by atoms with Crippen LogP contribution in [0, 0.1) is 11.3 Å². The van der Waals surface area contributed by atoms with Gasteiger partial charge in [-0.15, -0.1) is 0 Å². The number of carbonyl (C=O) groups excluding carboxylic acids is 3. The molecular weight excluding hydrogens is 568 g/mol. The van der Waals surface area contributed by atoms with Crippen LogP contribution in [0.25, 0.3) is 5.70 Å². The van der Waals surface area contributed by atoms with E-state index in [-0.39, 0.29) is 17.0 Å². The van der Waals surface area contributed by atoms with Gasteiger partial charge in [0.25, 0.3) is 0 Å². The highest BCUT2D eigenvalue weighted by Crippen LogP contribution is 2.52. The molecule has 4 aromatic rings. The molecule has 216 valence electrons. The van der Waals surface area contributed by atoms with Crippen molar-refractivity contribution >= 4 is 52.2 Å². The fourth-order valence-corrected chi connectivity index (χ4v) is 8.13. The van der Waals surface area contributed by atoms with Crippen LogP contribution in [0.15, 0.2) is 117 Å². The van der Waals surface area contributed by atoms with E-state index in [2.05, 4.69) is 13.8 Å². The van der Waals surface area contributed by atoms with E-state index >= 15 is 0 Å². The second-order valence-electron chi connectivity index (χ2n) is 12.5. The fourth-order valence-electron chi connectivity index (χ4n) is 7.07. The molecule has 2 aliphatic heterocycles. The van der Waals surface area contributed by atoms with Crippen LogP contribution in [0.2, 0.25) is 0 Å². The van der Waals surface area contributed by atoms with Crippen molar-refractivity contribution in [2.24, 2.45) is 16.3 Å². The Bertz CT molecular complexity index is 1930. The Morgan fingerprint density at radius 3 is 2.09 bits per heavy atom. The molecule has 4 aliphatic rings. The molecule has 8 rings (SSSR count). The number of allylic oxidation sites excluding steroid dienone is 1. The van der Waals surface area contributed by atoms with Crippen molar-refractivity contribution in [2.45, 2.75) is 42.4 Å². The van der Waals surface area contributed by atoms with Crippen molar-refractivity contribution in [1.29, 1.82) is 0 Å². The van der Waals surface area contributed by atoms with Gasteiger partial charge in [0.1, 0.15) is 11.5 Å². The maximum absolute atomic E-state index is 13.8. The maximum Gasteiger partial charge on any atom is 0.424 e. The van der Waals surface area contributed by atoms with Gasteiger partial charge in [0.05, 0.1) is 23.0 Å². The average molecular weight is 597 g/mol. The van der Waals surface area contributed by atoms with Crippen LogP contribution < -0.4 is 9.64 Å². The largest absolute Gasteiger partial charge is 0.424 e. The third-order valence-corrected chi connectivity index (χ3v) is 10.0. The number of para-hydroxylation sites is 2. The van der Waals surface area contributed by atoms with Gasteiger partial charge < -0.3 is 4.74 Å². The summed E-state index contributed by atoms with van der Waals surface area (Å²) in [7, 11) is 0. The van der Waals surface area contributed by atoms with Crippen molar-refractivity contribution in [2.75, 3.05) is 4.90 Å². The number of carbonyl (C=O) groups is 3. The van der Waals surface area contributed by atoms with E-state index in [1.807, 2.05) is 84.9 Å². The van der Waals surface area contributed by atoms with Gasteiger partial charge >= 0.3 is 6.09 Å². The number of hydrogen-bond acceptors (Lipinski definition) is 6. The Hall–Kier alpha value is -4.75. The summed E-state index contributed by atoms with van der Waals surface area (Å²) >= 11 is 1.62. The molecule has 1 amide bonds. The molecule has 0 spiro atoms. The predicted molar refractivity (Wildman–Crippen MR) is 171 cm³/mol. The van der Waals surface area contributed by atoms with Crippen LogP contribution in [0.3, 0.4) is 0 Å². The van der Waals surface area contributed by atoms with E-state index < -0.39 is 17.9 Å². The molecule has 0 bridgehead atoms. The summed E-state index contributed by atoms with van der Waals surface area (Å²) in [6, 6.07) is 30.3. The fraction of sp³-hybridized carbons (Fsp3) is 0.189. The lowest BCUT2D eigenvalue weighted by atomic mass is 9.63. The molecule has 2 aliphatic carbocycles. The molecule has 6 nitrogen and oxygen atoms in total. The van der Waals surface area contributed by atoms with E-state index in [1.54, 1.807) is 28.8 Å². The summed E-state index contributed by atoms with van der Waals surface area (Å²) in [4.78, 5) is 49.7. The number of ketones is 2. The molecule has 4 aromatic carbocycles.